The van der Waals surface area contributed by atoms with Gasteiger partial charge in [0.05, 0.1) is 5.38 Å². The Kier molecular flexibility index (Phi) is 5.48. The van der Waals surface area contributed by atoms with Crippen LogP contribution in [0.25, 0.3) is 0 Å². The summed E-state index contributed by atoms with van der Waals surface area (Å²) in [4.78, 5) is 11.8. The van der Waals surface area contributed by atoms with Crippen molar-refractivity contribution >= 4 is 17.5 Å². The quantitative estimate of drug-likeness (QED) is 0.807. The predicted octanol–water partition coefficient (Wildman–Crippen LogP) is 3.08. The number of hydrogen-bond acceptors (Lipinski definition) is 2. The third kappa shape index (κ3) is 4.57. The summed E-state index contributed by atoms with van der Waals surface area (Å²) < 4.78 is 0. The molecule has 0 aliphatic heterocycles. The number of rotatable bonds is 5. The standard InChI is InChI=1S/C14H20ClNO2/c1-9(2)6-12(15)8-16-14(18)11-4-5-13(17)10(3)7-11/h4-5,7,9,12,17H,6,8H2,1-3H3,(H,16,18). The zero-order valence-corrected chi connectivity index (χ0v) is 11.8. The Morgan fingerprint density at radius 1 is 1.44 bits per heavy atom. The first kappa shape index (κ1) is 14.8. The lowest BCUT2D eigenvalue weighted by atomic mass is 10.1. The smallest absolute Gasteiger partial charge is 0.251 e. The predicted molar refractivity (Wildman–Crippen MR) is 74.3 cm³/mol. The molecule has 0 spiro atoms. The maximum atomic E-state index is 11.8. The van der Waals surface area contributed by atoms with Gasteiger partial charge in [-0.2, -0.15) is 0 Å². The molecule has 1 aromatic carbocycles. The van der Waals surface area contributed by atoms with E-state index < -0.39 is 0 Å². The first-order chi connectivity index (χ1) is 8.40. The lowest BCUT2D eigenvalue weighted by molar-refractivity contribution is 0.0953. The number of hydrogen-bond donors (Lipinski definition) is 2. The van der Waals surface area contributed by atoms with Crippen molar-refractivity contribution in [3.05, 3.63) is 29.3 Å². The van der Waals surface area contributed by atoms with Crippen LogP contribution in [0.5, 0.6) is 5.75 Å². The third-order valence-corrected chi connectivity index (χ3v) is 3.00. The van der Waals surface area contributed by atoms with Crippen LogP contribution < -0.4 is 5.32 Å². The Bertz CT molecular complexity index is 418. The van der Waals surface area contributed by atoms with Crippen LogP contribution in [0.2, 0.25) is 0 Å². The average molecular weight is 270 g/mol. The van der Waals surface area contributed by atoms with Gasteiger partial charge in [-0.25, -0.2) is 0 Å². The van der Waals surface area contributed by atoms with Crippen LogP contribution in [0.3, 0.4) is 0 Å². The Morgan fingerprint density at radius 3 is 2.67 bits per heavy atom. The Hall–Kier alpha value is -1.22. The zero-order valence-electron chi connectivity index (χ0n) is 11.0. The number of carbonyl (C=O) groups is 1. The highest BCUT2D eigenvalue weighted by Gasteiger charge is 2.11. The number of nitrogens with one attached hydrogen (secondary N) is 1. The minimum Gasteiger partial charge on any atom is -0.508 e. The molecule has 0 aromatic heterocycles. The summed E-state index contributed by atoms with van der Waals surface area (Å²) >= 11 is 6.11. The molecule has 0 radical (unpaired) electrons. The summed E-state index contributed by atoms with van der Waals surface area (Å²) in [5, 5.41) is 12.1. The van der Waals surface area contributed by atoms with Gasteiger partial charge in [0.25, 0.3) is 5.91 Å². The van der Waals surface area contributed by atoms with Gasteiger partial charge in [-0.15, -0.1) is 11.6 Å². The van der Waals surface area contributed by atoms with E-state index in [0.29, 0.717) is 23.6 Å². The molecule has 0 saturated carbocycles. The van der Waals surface area contributed by atoms with Crippen LogP contribution >= 0.6 is 11.6 Å². The SMILES string of the molecule is Cc1cc(C(=O)NCC(Cl)CC(C)C)ccc1O. The fraction of sp³-hybridized carbons (Fsp3) is 0.500. The lowest BCUT2D eigenvalue weighted by Gasteiger charge is -2.13. The molecular weight excluding hydrogens is 250 g/mol. The number of aromatic hydroxyl groups is 1. The van der Waals surface area contributed by atoms with E-state index in [1.54, 1.807) is 19.1 Å². The van der Waals surface area contributed by atoms with Crippen LogP contribution in [0, 0.1) is 12.8 Å². The van der Waals surface area contributed by atoms with Crippen LogP contribution in [-0.2, 0) is 0 Å². The molecule has 1 aromatic rings. The minimum atomic E-state index is -0.160. The molecule has 0 saturated heterocycles. The first-order valence-corrected chi connectivity index (χ1v) is 6.55. The maximum Gasteiger partial charge on any atom is 0.251 e. The molecular formula is C14H20ClNO2. The molecule has 4 heteroatoms. The number of aryl methyl sites for hydroxylation is 1. The fourth-order valence-electron chi connectivity index (χ4n) is 1.70. The molecule has 0 heterocycles. The van der Waals surface area contributed by atoms with Gasteiger partial charge >= 0.3 is 0 Å². The van der Waals surface area contributed by atoms with Crippen molar-refractivity contribution < 1.29 is 9.90 Å². The second-order valence-corrected chi connectivity index (χ2v) is 5.56. The topological polar surface area (TPSA) is 49.3 Å². The molecule has 2 N–H and O–H groups in total. The normalized spacial score (nSPS) is 12.5. The van der Waals surface area contributed by atoms with Crippen molar-refractivity contribution in [1.82, 2.24) is 5.32 Å². The maximum absolute atomic E-state index is 11.8. The van der Waals surface area contributed by atoms with Crippen LogP contribution in [0.4, 0.5) is 0 Å². The summed E-state index contributed by atoms with van der Waals surface area (Å²) in [6.07, 6.45) is 0.871. The number of carbonyl (C=O) groups excluding carboxylic acids is 1. The van der Waals surface area contributed by atoms with E-state index in [-0.39, 0.29) is 17.0 Å². The summed E-state index contributed by atoms with van der Waals surface area (Å²) in [6, 6.07) is 4.79. The molecule has 0 aliphatic rings. The first-order valence-electron chi connectivity index (χ1n) is 6.12. The zero-order chi connectivity index (χ0) is 13.7. The molecule has 100 valence electrons. The Morgan fingerprint density at radius 2 is 2.11 bits per heavy atom. The number of halogens is 1. The summed E-state index contributed by atoms with van der Waals surface area (Å²) in [5.74, 6) is 0.550. The number of benzene rings is 1. The molecule has 1 rings (SSSR count). The average Bonchev–Trinajstić information content (AvgIpc) is 2.28. The fourth-order valence-corrected chi connectivity index (χ4v) is 2.13. The van der Waals surface area contributed by atoms with E-state index in [9.17, 15) is 9.90 Å². The molecule has 3 nitrogen and oxygen atoms in total. The van der Waals surface area contributed by atoms with Gasteiger partial charge in [-0.05, 0) is 43.0 Å². The van der Waals surface area contributed by atoms with Crippen LogP contribution in [0.1, 0.15) is 36.2 Å². The lowest BCUT2D eigenvalue weighted by Crippen LogP contribution is -2.30. The minimum absolute atomic E-state index is 0.0489. The number of phenols is 1. The Balaban J connectivity index is 2.52. The van der Waals surface area contributed by atoms with Crippen molar-refractivity contribution in [2.75, 3.05) is 6.54 Å². The molecule has 1 atom stereocenters. The monoisotopic (exact) mass is 269 g/mol. The van der Waals surface area contributed by atoms with Crippen molar-refractivity contribution in [3.63, 3.8) is 0 Å². The van der Waals surface area contributed by atoms with Gasteiger partial charge in [0.2, 0.25) is 0 Å². The van der Waals surface area contributed by atoms with Crippen molar-refractivity contribution in [2.45, 2.75) is 32.6 Å². The van der Waals surface area contributed by atoms with Crippen LogP contribution in [0.15, 0.2) is 18.2 Å². The second-order valence-electron chi connectivity index (χ2n) is 4.94. The molecule has 1 unspecified atom stereocenters. The van der Waals surface area contributed by atoms with E-state index in [1.807, 2.05) is 0 Å². The largest absolute Gasteiger partial charge is 0.508 e. The number of phenolic OH excluding ortho intramolecular Hbond substituents is 1. The molecule has 0 bridgehead atoms. The molecule has 0 aliphatic carbocycles. The van der Waals surface area contributed by atoms with Gasteiger partial charge in [0.15, 0.2) is 0 Å². The summed E-state index contributed by atoms with van der Waals surface area (Å²) in [5.41, 5.74) is 1.23. The van der Waals surface area contributed by atoms with Crippen LogP contribution in [-0.4, -0.2) is 22.9 Å². The Labute approximate surface area is 113 Å². The van der Waals surface area contributed by atoms with Gasteiger partial charge in [-0.1, -0.05) is 13.8 Å². The van der Waals surface area contributed by atoms with Gasteiger partial charge in [0, 0.05) is 12.1 Å². The van der Waals surface area contributed by atoms with Gasteiger partial charge < -0.3 is 10.4 Å². The summed E-state index contributed by atoms with van der Waals surface area (Å²) in [7, 11) is 0. The van der Waals surface area contributed by atoms with Gasteiger partial charge in [-0.3, -0.25) is 4.79 Å². The molecule has 1 amide bonds. The van der Waals surface area contributed by atoms with Crippen molar-refractivity contribution in [2.24, 2.45) is 5.92 Å². The summed E-state index contributed by atoms with van der Waals surface area (Å²) in [6.45, 7) is 6.41. The van der Waals surface area contributed by atoms with E-state index in [0.717, 1.165) is 6.42 Å². The molecule has 18 heavy (non-hydrogen) atoms. The van der Waals surface area contributed by atoms with Crippen molar-refractivity contribution in [1.29, 1.82) is 0 Å². The highest BCUT2D eigenvalue weighted by molar-refractivity contribution is 6.20. The van der Waals surface area contributed by atoms with E-state index >= 15 is 0 Å². The highest BCUT2D eigenvalue weighted by atomic mass is 35.5. The van der Waals surface area contributed by atoms with Crippen molar-refractivity contribution in [3.8, 4) is 5.75 Å². The second kappa shape index (κ2) is 6.64. The third-order valence-electron chi connectivity index (χ3n) is 2.67. The van der Waals surface area contributed by atoms with Gasteiger partial charge in [0.1, 0.15) is 5.75 Å². The number of alkyl halides is 1. The molecule has 0 fully saturated rings. The van der Waals surface area contributed by atoms with E-state index in [4.69, 9.17) is 11.6 Å². The van der Waals surface area contributed by atoms with E-state index in [1.165, 1.54) is 6.07 Å². The highest BCUT2D eigenvalue weighted by Crippen LogP contribution is 2.17. The number of amides is 1. The van der Waals surface area contributed by atoms with E-state index in [2.05, 4.69) is 19.2 Å².